The normalized spacial score (nSPS) is 26.6. The Labute approximate surface area is 170 Å². The van der Waals surface area contributed by atoms with E-state index in [1.165, 1.54) is 5.56 Å². The van der Waals surface area contributed by atoms with Crippen LogP contribution in [0.15, 0.2) is 30.3 Å². The van der Waals surface area contributed by atoms with Crippen molar-refractivity contribution in [1.29, 1.82) is 0 Å². The molecule has 6 nitrogen and oxygen atoms in total. The zero-order valence-corrected chi connectivity index (χ0v) is 16.5. The molecule has 4 N–H and O–H groups in total. The third-order valence-electron chi connectivity index (χ3n) is 6.00. The third-order valence-corrected chi connectivity index (χ3v) is 6.00. The molecule has 29 heavy (non-hydrogen) atoms. The first-order valence-corrected chi connectivity index (χ1v) is 10.2. The van der Waals surface area contributed by atoms with Gasteiger partial charge in [-0.05, 0) is 42.5 Å². The first kappa shape index (κ1) is 20.2. The van der Waals surface area contributed by atoms with E-state index in [2.05, 4.69) is 6.07 Å². The maximum Gasteiger partial charge on any atom is 0.125 e. The van der Waals surface area contributed by atoms with Gasteiger partial charge in [-0.25, -0.2) is 0 Å². The fourth-order valence-corrected chi connectivity index (χ4v) is 4.27. The van der Waals surface area contributed by atoms with Crippen LogP contribution in [0.4, 0.5) is 0 Å². The fourth-order valence-electron chi connectivity index (χ4n) is 4.27. The van der Waals surface area contributed by atoms with Gasteiger partial charge in [0.15, 0.2) is 0 Å². The highest BCUT2D eigenvalue weighted by atomic mass is 16.5. The number of ether oxygens (including phenoxy) is 2. The van der Waals surface area contributed by atoms with Gasteiger partial charge in [0, 0.05) is 24.0 Å². The minimum Gasteiger partial charge on any atom is -0.507 e. The molecule has 0 bridgehead atoms. The van der Waals surface area contributed by atoms with Crippen molar-refractivity contribution >= 4 is 0 Å². The van der Waals surface area contributed by atoms with Crippen molar-refractivity contribution in [2.45, 2.75) is 57.0 Å². The van der Waals surface area contributed by atoms with Crippen molar-refractivity contribution in [1.82, 2.24) is 0 Å². The molecule has 6 heteroatoms. The van der Waals surface area contributed by atoms with Crippen molar-refractivity contribution in [2.24, 2.45) is 0 Å². The van der Waals surface area contributed by atoms with Gasteiger partial charge in [0.05, 0.1) is 25.4 Å². The molecule has 0 aliphatic carbocycles. The topological polar surface area (TPSA) is 99.4 Å². The summed E-state index contributed by atoms with van der Waals surface area (Å²) in [5.74, 6) is 1.08. The van der Waals surface area contributed by atoms with Crippen molar-refractivity contribution in [2.75, 3.05) is 13.2 Å². The number of phenolic OH excluding ortho intramolecular Hbond substituents is 1. The summed E-state index contributed by atoms with van der Waals surface area (Å²) in [4.78, 5) is 0. The van der Waals surface area contributed by atoms with Crippen molar-refractivity contribution in [3.8, 4) is 11.5 Å². The predicted molar refractivity (Wildman–Crippen MR) is 107 cm³/mol. The lowest BCUT2D eigenvalue weighted by molar-refractivity contribution is -0.181. The van der Waals surface area contributed by atoms with Crippen molar-refractivity contribution in [3.63, 3.8) is 0 Å². The highest BCUT2D eigenvalue weighted by Crippen LogP contribution is 2.39. The lowest BCUT2D eigenvalue weighted by Crippen LogP contribution is -2.47. The Bertz CT molecular complexity index is 880. The van der Waals surface area contributed by atoms with Crippen LogP contribution in [0.3, 0.4) is 0 Å². The molecule has 4 atom stereocenters. The van der Waals surface area contributed by atoms with Crippen LogP contribution in [0.2, 0.25) is 0 Å². The monoisotopic (exact) mass is 400 g/mol. The SMILES string of the molecule is Cc1ccc([C@H]2C[C@@H](O)[C@H](O)[C@@H](CO)O2)c(O)c1Cc1ccc2c(c1)CCCO2. The summed E-state index contributed by atoms with van der Waals surface area (Å²) in [6.07, 6.45) is -0.904. The second-order valence-electron chi connectivity index (χ2n) is 8.01. The fraction of sp³-hybridized carbons (Fsp3) is 0.478. The van der Waals surface area contributed by atoms with E-state index in [4.69, 9.17) is 9.47 Å². The van der Waals surface area contributed by atoms with Crippen molar-refractivity contribution < 1.29 is 29.9 Å². The minimum atomic E-state index is -1.14. The number of rotatable bonds is 4. The van der Waals surface area contributed by atoms with Crippen LogP contribution in [0.1, 0.15) is 46.8 Å². The molecule has 0 amide bonds. The summed E-state index contributed by atoms with van der Waals surface area (Å²) in [6, 6.07) is 9.88. The summed E-state index contributed by atoms with van der Waals surface area (Å²) in [7, 11) is 0. The van der Waals surface area contributed by atoms with E-state index < -0.39 is 31.0 Å². The summed E-state index contributed by atoms with van der Waals surface area (Å²) < 4.78 is 11.5. The van der Waals surface area contributed by atoms with Crippen LogP contribution in [0.5, 0.6) is 11.5 Å². The van der Waals surface area contributed by atoms with Crippen LogP contribution in [-0.4, -0.2) is 52.0 Å². The van der Waals surface area contributed by atoms with Crippen molar-refractivity contribution in [3.05, 3.63) is 58.1 Å². The maximum absolute atomic E-state index is 11.0. The summed E-state index contributed by atoms with van der Waals surface area (Å²) in [6.45, 7) is 2.31. The van der Waals surface area contributed by atoms with E-state index in [0.717, 1.165) is 41.9 Å². The first-order chi connectivity index (χ1) is 14.0. The average molecular weight is 400 g/mol. The van der Waals surface area contributed by atoms with Gasteiger partial charge < -0.3 is 29.9 Å². The number of aliphatic hydroxyl groups excluding tert-OH is 3. The zero-order chi connectivity index (χ0) is 20.5. The van der Waals surface area contributed by atoms with E-state index in [1.807, 2.05) is 25.1 Å². The Morgan fingerprint density at radius 2 is 1.97 bits per heavy atom. The largest absolute Gasteiger partial charge is 0.507 e. The molecule has 4 rings (SSSR count). The van der Waals surface area contributed by atoms with Crippen LogP contribution in [0.25, 0.3) is 0 Å². The molecule has 0 unspecified atom stereocenters. The molecule has 2 aliphatic heterocycles. The van der Waals surface area contributed by atoms with Crippen LogP contribution >= 0.6 is 0 Å². The summed E-state index contributed by atoms with van der Waals surface area (Å²) >= 11 is 0. The Balaban J connectivity index is 1.62. The Hall–Kier alpha value is -2.12. The smallest absolute Gasteiger partial charge is 0.125 e. The quantitative estimate of drug-likeness (QED) is 0.628. The first-order valence-electron chi connectivity index (χ1n) is 10.2. The van der Waals surface area contributed by atoms with Crippen LogP contribution in [-0.2, 0) is 17.6 Å². The molecule has 1 fully saturated rings. The number of aromatic hydroxyl groups is 1. The molecule has 0 aromatic heterocycles. The van der Waals surface area contributed by atoms with E-state index in [1.54, 1.807) is 6.07 Å². The van der Waals surface area contributed by atoms with Gasteiger partial charge in [0.1, 0.15) is 23.7 Å². The highest BCUT2D eigenvalue weighted by Gasteiger charge is 2.38. The van der Waals surface area contributed by atoms with E-state index in [9.17, 15) is 20.4 Å². The Kier molecular flexibility index (Phi) is 5.79. The van der Waals surface area contributed by atoms with Gasteiger partial charge in [-0.1, -0.05) is 24.3 Å². The van der Waals surface area contributed by atoms with E-state index in [0.29, 0.717) is 12.0 Å². The minimum absolute atomic E-state index is 0.143. The number of aryl methyl sites for hydroxylation is 2. The lowest BCUT2D eigenvalue weighted by Gasteiger charge is -2.37. The molecular weight excluding hydrogens is 372 g/mol. The molecule has 2 aliphatic rings. The highest BCUT2D eigenvalue weighted by molar-refractivity contribution is 5.50. The van der Waals surface area contributed by atoms with Gasteiger partial charge in [-0.3, -0.25) is 0 Å². The molecule has 156 valence electrons. The number of aliphatic hydroxyl groups is 3. The standard InChI is InChI=1S/C23H28O6/c1-13-4-6-16(20-11-18(25)23(27)21(12-24)29-20)22(26)17(13)10-14-5-7-19-15(9-14)3-2-8-28-19/h4-7,9,18,20-21,23-27H,2-3,8,10-12H2,1H3/t18-,20-,21-,23+/m1/s1. The number of benzene rings is 2. The molecule has 1 saturated heterocycles. The van der Waals surface area contributed by atoms with Gasteiger partial charge in [0.25, 0.3) is 0 Å². The maximum atomic E-state index is 11.0. The number of hydrogen-bond acceptors (Lipinski definition) is 6. The van der Waals surface area contributed by atoms with Gasteiger partial charge in [-0.15, -0.1) is 0 Å². The second-order valence-corrected chi connectivity index (χ2v) is 8.01. The van der Waals surface area contributed by atoms with Gasteiger partial charge in [0.2, 0.25) is 0 Å². The number of phenols is 1. The molecule has 2 aromatic carbocycles. The molecule has 0 saturated carbocycles. The third kappa shape index (κ3) is 3.98. The van der Waals surface area contributed by atoms with E-state index >= 15 is 0 Å². The molecule has 0 radical (unpaired) electrons. The second kappa shape index (κ2) is 8.32. The van der Waals surface area contributed by atoms with Gasteiger partial charge in [-0.2, -0.15) is 0 Å². The van der Waals surface area contributed by atoms with Gasteiger partial charge >= 0.3 is 0 Å². The molecule has 2 heterocycles. The predicted octanol–water partition coefficient (Wildman–Crippen LogP) is 2.16. The lowest BCUT2D eigenvalue weighted by atomic mass is 9.89. The number of hydrogen-bond donors (Lipinski definition) is 4. The van der Waals surface area contributed by atoms with Crippen LogP contribution < -0.4 is 4.74 Å². The molecule has 0 spiro atoms. The number of fused-ring (bicyclic) bond motifs is 1. The zero-order valence-electron chi connectivity index (χ0n) is 16.5. The summed E-state index contributed by atoms with van der Waals surface area (Å²) in [5.41, 5.74) is 4.63. The molecule has 2 aromatic rings. The average Bonchev–Trinajstić information content (AvgIpc) is 2.73. The Morgan fingerprint density at radius 3 is 2.76 bits per heavy atom. The Morgan fingerprint density at radius 1 is 1.14 bits per heavy atom. The summed E-state index contributed by atoms with van der Waals surface area (Å²) in [5, 5.41) is 40.5. The van der Waals surface area contributed by atoms with Crippen LogP contribution in [0, 0.1) is 6.92 Å². The van der Waals surface area contributed by atoms with E-state index in [-0.39, 0.29) is 12.2 Å². The molecular formula is C23H28O6.